The summed E-state index contributed by atoms with van der Waals surface area (Å²) in [5.74, 6) is 0.474. The molecule has 0 aromatic heterocycles. The van der Waals surface area contributed by atoms with Crippen LogP contribution < -0.4 is 9.47 Å². The van der Waals surface area contributed by atoms with E-state index in [1.165, 1.54) is 33.0 Å². The Balaban J connectivity index is 1.45. The van der Waals surface area contributed by atoms with E-state index in [1.54, 1.807) is 0 Å². The van der Waals surface area contributed by atoms with E-state index in [-0.39, 0.29) is 31.8 Å². The van der Waals surface area contributed by atoms with Gasteiger partial charge >= 0.3 is 11.9 Å². The number of rotatable bonds is 12. The van der Waals surface area contributed by atoms with Crippen molar-refractivity contribution in [1.82, 2.24) is 0 Å². The van der Waals surface area contributed by atoms with Crippen LogP contribution in [-0.2, 0) is 30.9 Å². The number of fused-ring (bicyclic) bond motifs is 3. The molecule has 41 heavy (non-hydrogen) atoms. The van der Waals surface area contributed by atoms with Gasteiger partial charge in [0.1, 0.15) is 37.9 Å². The fraction of sp³-hybridized carbons (Fsp3) is 0.200. The summed E-state index contributed by atoms with van der Waals surface area (Å²) in [4.78, 5) is 22.6. The second-order valence-electron chi connectivity index (χ2n) is 9.72. The first-order chi connectivity index (χ1) is 20.0. The van der Waals surface area contributed by atoms with Crippen molar-refractivity contribution in [2.75, 3.05) is 26.4 Å². The smallest absolute Gasteiger partial charge is 0.330 e. The van der Waals surface area contributed by atoms with Crippen molar-refractivity contribution in [2.24, 2.45) is 0 Å². The van der Waals surface area contributed by atoms with Crippen LogP contribution in [0.15, 0.2) is 110 Å². The van der Waals surface area contributed by atoms with Gasteiger partial charge in [-0.1, -0.05) is 73.8 Å². The first kappa shape index (κ1) is 27.7. The number of carbonyl (C=O) groups is 2. The highest BCUT2D eigenvalue weighted by Gasteiger charge is 2.43. The Morgan fingerprint density at radius 2 is 1.22 bits per heavy atom. The van der Waals surface area contributed by atoms with Gasteiger partial charge in [-0.25, -0.2) is 9.59 Å². The standard InChI is InChI=1S/C35H32O6/c1-3-32(36)40-23-21-38-29-15-11-27(12-16-29)35(20-19-26-10-9-25-7-5-6-8-31(25)34(26)35)28-13-17-30(18-14-28)39-22-24-41-33(37)4-2/h3-18H,1-2,19-24H2. The topological polar surface area (TPSA) is 71.1 Å². The zero-order valence-electron chi connectivity index (χ0n) is 22.8. The fourth-order valence-corrected chi connectivity index (χ4v) is 5.61. The van der Waals surface area contributed by atoms with Crippen LogP contribution in [-0.4, -0.2) is 38.4 Å². The van der Waals surface area contributed by atoms with Gasteiger partial charge < -0.3 is 18.9 Å². The fourth-order valence-electron chi connectivity index (χ4n) is 5.61. The lowest BCUT2D eigenvalue weighted by Gasteiger charge is -2.33. The Bertz CT molecular complexity index is 1480. The van der Waals surface area contributed by atoms with E-state index in [1.807, 2.05) is 24.3 Å². The normalized spacial score (nSPS) is 13.2. The van der Waals surface area contributed by atoms with Crippen molar-refractivity contribution in [3.63, 3.8) is 0 Å². The Hall–Kier alpha value is -4.84. The van der Waals surface area contributed by atoms with E-state index in [4.69, 9.17) is 18.9 Å². The molecule has 4 aromatic carbocycles. The molecule has 5 rings (SSSR count). The Labute approximate surface area is 239 Å². The molecule has 6 heteroatoms. The predicted molar refractivity (Wildman–Crippen MR) is 158 cm³/mol. The van der Waals surface area contributed by atoms with Gasteiger partial charge in [-0.3, -0.25) is 0 Å². The van der Waals surface area contributed by atoms with Gasteiger partial charge in [0, 0.05) is 17.6 Å². The molecule has 0 N–H and O–H groups in total. The molecule has 0 heterocycles. The SMILES string of the molecule is C=CC(=O)OCCOc1ccc(C2(c3ccc(OCCOC(=O)C=C)cc3)CCc3ccc4ccccc4c32)cc1. The molecular formula is C35H32O6. The molecule has 0 fully saturated rings. The van der Waals surface area contributed by atoms with Crippen LogP contribution >= 0.6 is 0 Å². The van der Waals surface area contributed by atoms with Crippen LogP contribution in [0.1, 0.15) is 28.7 Å². The van der Waals surface area contributed by atoms with Crippen LogP contribution in [0.2, 0.25) is 0 Å². The largest absolute Gasteiger partial charge is 0.490 e. The van der Waals surface area contributed by atoms with E-state index in [0.717, 1.165) is 25.0 Å². The van der Waals surface area contributed by atoms with Gasteiger partial charge in [0.05, 0.1) is 0 Å². The lowest BCUT2D eigenvalue weighted by atomic mass is 9.69. The maximum absolute atomic E-state index is 11.3. The summed E-state index contributed by atoms with van der Waals surface area (Å²) in [5.41, 5.74) is 4.64. The molecule has 1 aliphatic rings. The molecule has 208 valence electrons. The van der Waals surface area contributed by atoms with Crippen molar-refractivity contribution < 1.29 is 28.5 Å². The second-order valence-corrected chi connectivity index (χ2v) is 9.72. The number of esters is 2. The lowest BCUT2D eigenvalue weighted by molar-refractivity contribution is -0.139. The van der Waals surface area contributed by atoms with E-state index < -0.39 is 11.9 Å². The van der Waals surface area contributed by atoms with Crippen LogP contribution in [0.4, 0.5) is 0 Å². The average molecular weight is 549 g/mol. The Morgan fingerprint density at radius 3 is 1.76 bits per heavy atom. The highest BCUT2D eigenvalue weighted by Crippen LogP contribution is 2.52. The average Bonchev–Trinajstić information content (AvgIpc) is 3.43. The monoisotopic (exact) mass is 548 g/mol. The van der Waals surface area contributed by atoms with Crippen molar-refractivity contribution in [1.29, 1.82) is 0 Å². The van der Waals surface area contributed by atoms with Gasteiger partial charge in [-0.15, -0.1) is 0 Å². The quantitative estimate of drug-likeness (QED) is 0.117. The molecule has 1 aliphatic carbocycles. The first-order valence-electron chi connectivity index (χ1n) is 13.6. The molecule has 0 bridgehead atoms. The second kappa shape index (κ2) is 12.6. The third-order valence-corrected chi connectivity index (χ3v) is 7.43. The molecule has 0 aliphatic heterocycles. The summed E-state index contributed by atoms with van der Waals surface area (Å²) in [7, 11) is 0. The minimum Gasteiger partial charge on any atom is -0.490 e. The molecule has 0 spiro atoms. The molecule has 0 radical (unpaired) electrons. The van der Waals surface area contributed by atoms with Crippen LogP contribution in [0.5, 0.6) is 11.5 Å². The van der Waals surface area contributed by atoms with Crippen LogP contribution in [0.3, 0.4) is 0 Å². The van der Waals surface area contributed by atoms with Crippen LogP contribution in [0, 0.1) is 0 Å². The molecule has 4 aromatic rings. The van der Waals surface area contributed by atoms with E-state index >= 15 is 0 Å². The zero-order chi connectivity index (χ0) is 28.7. The number of ether oxygens (including phenoxy) is 4. The predicted octanol–water partition coefficient (Wildman–Crippen LogP) is 6.34. The summed E-state index contributed by atoms with van der Waals surface area (Å²) in [5, 5.41) is 2.46. The van der Waals surface area contributed by atoms with Crippen molar-refractivity contribution in [2.45, 2.75) is 18.3 Å². The lowest BCUT2D eigenvalue weighted by Crippen LogP contribution is -2.26. The van der Waals surface area contributed by atoms with E-state index in [2.05, 4.69) is 73.8 Å². The molecule has 0 unspecified atom stereocenters. The molecule has 0 atom stereocenters. The summed E-state index contributed by atoms with van der Waals surface area (Å²) < 4.78 is 21.7. The summed E-state index contributed by atoms with van der Waals surface area (Å²) in [6, 6.07) is 29.4. The minimum absolute atomic E-state index is 0.154. The van der Waals surface area contributed by atoms with Gasteiger partial charge in [-0.05, 0) is 70.1 Å². The summed E-state index contributed by atoms with van der Waals surface area (Å²) >= 11 is 0. The maximum Gasteiger partial charge on any atom is 0.330 e. The van der Waals surface area contributed by atoms with Gasteiger partial charge in [0.2, 0.25) is 0 Å². The number of benzene rings is 4. The first-order valence-corrected chi connectivity index (χ1v) is 13.6. The highest BCUT2D eigenvalue weighted by molar-refractivity contribution is 5.90. The summed E-state index contributed by atoms with van der Waals surface area (Å²) in [6.07, 6.45) is 4.15. The number of hydrogen-bond acceptors (Lipinski definition) is 6. The minimum atomic E-state index is -0.467. The van der Waals surface area contributed by atoms with Crippen molar-refractivity contribution >= 4 is 22.7 Å². The molecule has 0 amide bonds. The number of hydrogen-bond donors (Lipinski definition) is 0. The van der Waals surface area contributed by atoms with Crippen molar-refractivity contribution in [3.8, 4) is 11.5 Å². The van der Waals surface area contributed by atoms with E-state index in [9.17, 15) is 9.59 Å². The van der Waals surface area contributed by atoms with Crippen LogP contribution in [0.25, 0.3) is 10.8 Å². The Morgan fingerprint density at radius 1 is 0.683 bits per heavy atom. The highest BCUT2D eigenvalue weighted by atomic mass is 16.6. The molecule has 6 nitrogen and oxygen atoms in total. The van der Waals surface area contributed by atoms with Gasteiger partial charge in [-0.2, -0.15) is 0 Å². The zero-order valence-corrected chi connectivity index (χ0v) is 22.8. The third-order valence-electron chi connectivity index (χ3n) is 7.43. The molecule has 0 saturated carbocycles. The van der Waals surface area contributed by atoms with Crippen molar-refractivity contribution in [3.05, 3.63) is 132 Å². The molecular weight excluding hydrogens is 516 g/mol. The summed E-state index contributed by atoms with van der Waals surface area (Å²) in [6.45, 7) is 7.62. The van der Waals surface area contributed by atoms with Gasteiger partial charge in [0.15, 0.2) is 0 Å². The molecule has 0 saturated heterocycles. The number of carbonyl (C=O) groups excluding carboxylic acids is 2. The maximum atomic E-state index is 11.3. The van der Waals surface area contributed by atoms with Gasteiger partial charge in [0.25, 0.3) is 0 Å². The number of aryl methyl sites for hydroxylation is 1. The third kappa shape index (κ3) is 5.87. The van der Waals surface area contributed by atoms with E-state index in [0.29, 0.717) is 11.5 Å². The Kier molecular flexibility index (Phi) is 8.49.